The number of aromatic nitrogens is 2. The zero-order valence-electron chi connectivity index (χ0n) is 13.0. The zero-order valence-corrected chi connectivity index (χ0v) is 13.0. The van der Waals surface area contributed by atoms with Crippen LogP contribution < -0.4 is 0 Å². The molecule has 4 nitrogen and oxygen atoms in total. The Hall–Kier alpha value is -2.72. The standard InChI is InChI=1S/C19H19N3O/c1-22(14-15-8-2-3-11-18(15)23)19(16-9-4-6-12-20-16)17-10-5-7-13-21-17/h2-13,19,23H,14H2,1H3. The molecule has 23 heavy (non-hydrogen) atoms. The van der Waals surface area contributed by atoms with E-state index in [4.69, 9.17) is 0 Å². The SMILES string of the molecule is CN(Cc1ccccc1O)C(c1ccccn1)c1ccccn1. The topological polar surface area (TPSA) is 49.2 Å². The first-order chi connectivity index (χ1) is 11.3. The van der Waals surface area contributed by atoms with Crippen molar-refractivity contribution in [2.75, 3.05) is 7.05 Å². The van der Waals surface area contributed by atoms with Gasteiger partial charge in [-0.15, -0.1) is 0 Å². The summed E-state index contributed by atoms with van der Waals surface area (Å²) in [5.41, 5.74) is 2.75. The summed E-state index contributed by atoms with van der Waals surface area (Å²) in [5.74, 6) is 0.306. The normalized spacial score (nSPS) is 11.1. The molecule has 0 aliphatic carbocycles. The molecule has 2 aromatic heterocycles. The number of hydrogen-bond donors (Lipinski definition) is 1. The molecule has 2 heterocycles. The minimum absolute atomic E-state index is 0.0722. The third kappa shape index (κ3) is 3.55. The summed E-state index contributed by atoms with van der Waals surface area (Å²) < 4.78 is 0. The first-order valence-corrected chi connectivity index (χ1v) is 7.54. The van der Waals surface area contributed by atoms with Crippen molar-refractivity contribution in [1.82, 2.24) is 14.9 Å². The smallest absolute Gasteiger partial charge is 0.120 e. The number of phenolic OH excluding ortho intramolecular Hbond substituents is 1. The van der Waals surface area contributed by atoms with Crippen LogP contribution in [-0.2, 0) is 6.54 Å². The number of nitrogens with zero attached hydrogens (tertiary/aromatic N) is 3. The maximum atomic E-state index is 10.0. The molecule has 0 unspecified atom stereocenters. The maximum Gasteiger partial charge on any atom is 0.120 e. The molecule has 0 amide bonds. The van der Waals surface area contributed by atoms with Crippen molar-refractivity contribution in [3.05, 3.63) is 90.0 Å². The van der Waals surface area contributed by atoms with E-state index in [0.717, 1.165) is 17.0 Å². The van der Waals surface area contributed by atoms with Gasteiger partial charge in [-0.25, -0.2) is 0 Å². The van der Waals surface area contributed by atoms with Gasteiger partial charge in [-0.2, -0.15) is 0 Å². The molecular formula is C19H19N3O. The molecule has 116 valence electrons. The number of rotatable bonds is 5. The van der Waals surface area contributed by atoms with Gasteiger partial charge in [0.1, 0.15) is 5.75 Å². The van der Waals surface area contributed by atoms with Crippen LogP contribution in [0.5, 0.6) is 5.75 Å². The van der Waals surface area contributed by atoms with Crippen LogP contribution in [0.1, 0.15) is 23.0 Å². The van der Waals surface area contributed by atoms with Crippen molar-refractivity contribution in [2.45, 2.75) is 12.6 Å². The Morgan fingerprint density at radius 3 is 1.96 bits per heavy atom. The molecule has 1 N–H and O–H groups in total. The summed E-state index contributed by atoms with van der Waals surface area (Å²) in [6.45, 7) is 0.602. The second-order valence-electron chi connectivity index (χ2n) is 5.46. The van der Waals surface area contributed by atoms with Crippen LogP contribution in [0, 0.1) is 0 Å². The van der Waals surface area contributed by atoms with Crippen molar-refractivity contribution < 1.29 is 5.11 Å². The first-order valence-electron chi connectivity index (χ1n) is 7.54. The molecule has 0 saturated heterocycles. The average Bonchev–Trinajstić information content (AvgIpc) is 2.59. The predicted octanol–water partition coefficient (Wildman–Crippen LogP) is 3.40. The van der Waals surface area contributed by atoms with Crippen LogP contribution in [0.3, 0.4) is 0 Å². The van der Waals surface area contributed by atoms with E-state index in [9.17, 15) is 5.11 Å². The number of hydrogen-bond acceptors (Lipinski definition) is 4. The molecule has 0 fully saturated rings. The molecule has 0 aliphatic heterocycles. The fraction of sp³-hybridized carbons (Fsp3) is 0.158. The molecule has 1 aromatic carbocycles. The second kappa shape index (κ2) is 7.03. The van der Waals surface area contributed by atoms with Gasteiger partial charge in [0, 0.05) is 24.5 Å². The monoisotopic (exact) mass is 305 g/mol. The van der Waals surface area contributed by atoms with Crippen LogP contribution in [-0.4, -0.2) is 27.0 Å². The number of para-hydroxylation sites is 1. The van der Waals surface area contributed by atoms with Crippen LogP contribution in [0.25, 0.3) is 0 Å². The van der Waals surface area contributed by atoms with E-state index in [-0.39, 0.29) is 6.04 Å². The van der Waals surface area contributed by atoms with Crippen molar-refractivity contribution in [3.8, 4) is 5.75 Å². The fourth-order valence-corrected chi connectivity index (χ4v) is 2.68. The summed E-state index contributed by atoms with van der Waals surface area (Å²) >= 11 is 0. The highest BCUT2D eigenvalue weighted by molar-refractivity contribution is 5.32. The molecular weight excluding hydrogens is 286 g/mol. The quantitative estimate of drug-likeness (QED) is 0.785. The molecule has 0 radical (unpaired) electrons. The average molecular weight is 305 g/mol. The van der Waals surface area contributed by atoms with Crippen LogP contribution in [0.4, 0.5) is 0 Å². The van der Waals surface area contributed by atoms with Gasteiger partial charge in [-0.1, -0.05) is 30.3 Å². The summed E-state index contributed by atoms with van der Waals surface area (Å²) in [6, 6.07) is 19.1. The lowest BCUT2D eigenvalue weighted by Crippen LogP contribution is -2.26. The van der Waals surface area contributed by atoms with Crippen LogP contribution >= 0.6 is 0 Å². The zero-order chi connectivity index (χ0) is 16.1. The van der Waals surface area contributed by atoms with Gasteiger partial charge in [0.15, 0.2) is 0 Å². The second-order valence-corrected chi connectivity index (χ2v) is 5.46. The minimum Gasteiger partial charge on any atom is -0.508 e. The molecule has 0 atom stereocenters. The fourth-order valence-electron chi connectivity index (χ4n) is 2.68. The van der Waals surface area contributed by atoms with Gasteiger partial charge < -0.3 is 5.11 Å². The Kier molecular flexibility index (Phi) is 4.64. The van der Waals surface area contributed by atoms with Gasteiger partial charge in [-0.3, -0.25) is 14.9 Å². The molecule has 0 spiro atoms. The van der Waals surface area contributed by atoms with E-state index in [1.54, 1.807) is 18.5 Å². The Morgan fingerprint density at radius 2 is 1.43 bits per heavy atom. The number of pyridine rings is 2. The lowest BCUT2D eigenvalue weighted by atomic mass is 10.1. The maximum absolute atomic E-state index is 10.0. The minimum atomic E-state index is -0.0722. The molecule has 3 aromatic rings. The highest BCUT2D eigenvalue weighted by Crippen LogP contribution is 2.27. The molecule has 4 heteroatoms. The Balaban J connectivity index is 1.94. The van der Waals surface area contributed by atoms with Crippen molar-refractivity contribution in [1.29, 1.82) is 0 Å². The highest BCUT2D eigenvalue weighted by atomic mass is 16.3. The van der Waals surface area contributed by atoms with Crippen molar-refractivity contribution in [2.24, 2.45) is 0 Å². The van der Waals surface area contributed by atoms with Gasteiger partial charge in [0.25, 0.3) is 0 Å². The summed E-state index contributed by atoms with van der Waals surface area (Å²) in [4.78, 5) is 11.1. The van der Waals surface area contributed by atoms with E-state index >= 15 is 0 Å². The van der Waals surface area contributed by atoms with E-state index in [1.807, 2.05) is 61.6 Å². The van der Waals surface area contributed by atoms with Crippen molar-refractivity contribution >= 4 is 0 Å². The van der Waals surface area contributed by atoms with E-state index in [1.165, 1.54) is 0 Å². The Labute approximate surface area is 136 Å². The Bertz CT molecular complexity index is 707. The van der Waals surface area contributed by atoms with E-state index < -0.39 is 0 Å². The van der Waals surface area contributed by atoms with Crippen LogP contribution in [0.2, 0.25) is 0 Å². The highest BCUT2D eigenvalue weighted by Gasteiger charge is 2.22. The number of aromatic hydroxyl groups is 1. The Morgan fingerprint density at radius 1 is 0.870 bits per heavy atom. The lowest BCUT2D eigenvalue weighted by molar-refractivity contribution is 0.258. The van der Waals surface area contributed by atoms with Crippen molar-refractivity contribution in [3.63, 3.8) is 0 Å². The van der Waals surface area contributed by atoms with Gasteiger partial charge in [0.2, 0.25) is 0 Å². The summed E-state index contributed by atoms with van der Waals surface area (Å²) in [5, 5.41) is 10.0. The summed E-state index contributed by atoms with van der Waals surface area (Å²) in [7, 11) is 2.01. The van der Waals surface area contributed by atoms with Gasteiger partial charge in [-0.05, 0) is 37.4 Å². The molecule has 0 saturated carbocycles. The van der Waals surface area contributed by atoms with E-state index in [2.05, 4.69) is 14.9 Å². The largest absolute Gasteiger partial charge is 0.508 e. The lowest BCUT2D eigenvalue weighted by Gasteiger charge is -2.27. The number of benzene rings is 1. The predicted molar refractivity (Wildman–Crippen MR) is 89.9 cm³/mol. The third-order valence-electron chi connectivity index (χ3n) is 3.79. The van der Waals surface area contributed by atoms with Gasteiger partial charge in [0.05, 0.1) is 17.4 Å². The molecule has 0 bridgehead atoms. The van der Waals surface area contributed by atoms with Gasteiger partial charge >= 0.3 is 0 Å². The number of phenols is 1. The molecule has 3 rings (SSSR count). The van der Waals surface area contributed by atoms with E-state index in [0.29, 0.717) is 12.3 Å². The first kappa shape index (κ1) is 15.2. The summed E-state index contributed by atoms with van der Waals surface area (Å²) in [6.07, 6.45) is 3.58. The molecule has 0 aliphatic rings. The van der Waals surface area contributed by atoms with Crippen LogP contribution in [0.15, 0.2) is 73.1 Å². The third-order valence-corrected chi connectivity index (χ3v) is 3.79.